The van der Waals surface area contributed by atoms with Crippen LogP contribution in [0, 0.1) is 0 Å². The summed E-state index contributed by atoms with van der Waals surface area (Å²) in [5.74, 6) is 1.22. The third-order valence-electron chi connectivity index (χ3n) is 3.73. The van der Waals surface area contributed by atoms with Gasteiger partial charge in [0.2, 0.25) is 0 Å². The molecule has 0 atom stereocenters. The van der Waals surface area contributed by atoms with Crippen LogP contribution in [0.3, 0.4) is 0 Å². The Balaban J connectivity index is 1.87. The van der Waals surface area contributed by atoms with Crippen molar-refractivity contribution in [2.75, 3.05) is 18.8 Å². The SMILES string of the molecule is CCN1CCSC1=CC=Cc1[se]c2ccccc2[n+]1CC. The minimum atomic E-state index is 0.439. The quantitative estimate of drug-likeness (QED) is 0.608. The molecule has 0 amide bonds. The number of aromatic nitrogens is 1. The van der Waals surface area contributed by atoms with Gasteiger partial charge in [0.05, 0.1) is 0 Å². The first-order chi connectivity index (χ1) is 10.3. The van der Waals surface area contributed by atoms with Gasteiger partial charge in [-0.1, -0.05) is 0 Å². The van der Waals surface area contributed by atoms with Crippen molar-refractivity contribution in [2.24, 2.45) is 0 Å². The van der Waals surface area contributed by atoms with Crippen molar-refractivity contribution in [1.82, 2.24) is 4.90 Å². The fourth-order valence-electron chi connectivity index (χ4n) is 2.65. The number of para-hydroxylation sites is 1. The van der Waals surface area contributed by atoms with E-state index in [9.17, 15) is 0 Å². The van der Waals surface area contributed by atoms with E-state index in [1.54, 1.807) is 0 Å². The van der Waals surface area contributed by atoms with Gasteiger partial charge in [0.1, 0.15) is 0 Å². The maximum atomic E-state index is 2.45. The molecule has 1 aliphatic heterocycles. The third-order valence-corrected chi connectivity index (χ3v) is 7.18. The van der Waals surface area contributed by atoms with Crippen LogP contribution in [-0.4, -0.2) is 38.2 Å². The molecule has 1 aliphatic rings. The zero-order valence-electron chi connectivity index (χ0n) is 12.6. The number of hydrogen-bond acceptors (Lipinski definition) is 2. The van der Waals surface area contributed by atoms with E-state index in [1.165, 1.54) is 31.7 Å². The van der Waals surface area contributed by atoms with Crippen LogP contribution in [0.1, 0.15) is 18.4 Å². The minimum absolute atomic E-state index is 0.439. The molecule has 0 unspecified atom stereocenters. The molecule has 1 fully saturated rings. The van der Waals surface area contributed by atoms with Crippen molar-refractivity contribution >= 4 is 42.1 Å². The summed E-state index contributed by atoms with van der Waals surface area (Å²) < 4.78 is 5.42. The molecule has 2 heterocycles. The van der Waals surface area contributed by atoms with Crippen molar-refractivity contribution < 1.29 is 4.57 Å². The average Bonchev–Trinajstić information content (AvgIpc) is 3.10. The van der Waals surface area contributed by atoms with E-state index in [0.29, 0.717) is 14.5 Å². The van der Waals surface area contributed by atoms with E-state index in [0.717, 1.165) is 13.1 Å². The Morgan fingerprint density at radius 2 is 2.19 bits per heavy atom. The fourth-order valence-corrected chi connectivity index (χ4v) is 6.13. The molecule has 1 aromatic carbocycles. The number of hydrogen-bond donors (Lipinski definition) is 0. The Kier molecular flexibility index (Phi) is 4.89. The standard InChI is InChI=1S/C17H21N2SSe/c1-3-18-12-13-20-16(18)10-7-11-17-19(4-2)14-8-5-6-9-15(14)21-17/h5-11H,3-4,12-13H2,1-2H3/q+1. The summed E-state index contributed by atoms with van der Waals surface area (Å²) in [5, 5.41) is 1.42. The van der Waals surface area contributed by atoms with Crippen molar-refractivity contribution in [2.45, 2.75) is 20.4 Å². The van der Waals surface area contributed by atoms with Gasteiger partial charge in [-0.05, 0) is 0 Å². The van der Waals surface area contributed by atoms with Crippen LogP contribution in [-0.2, 0) is 6.54 Å². The Morgan fingerprint density at radius 3 is 3.00 bits per heavy atom. The number of rotatable bonds is 4. The summed E-state index contributed by atoms with van der Waals surface area (Å²) in [6.07, 6.45) is 6.83. The van der Waals surface area contributed by atoms with Crippen molar-refractivity contribution in [3.8, 4) is 0 Å². The summed E-state index contributed by atoms with van der Waals surface area (Å²) in [4.78, 5) is 2.45. The van der Waals surface area contributed by atoms with Gasteiger partial charge in [0, 0.05) is 0 Å². The second-order valence-electron chi connectivity index (χ2n) is 4.94. The van der Waals surface area contributed by atoms with Crippen LogP contribution in [0.5, 0.6) is 0 Å². The summed E-state index contributed by atoms with van der Waals surface area (Å²) in [6, 6.07) is 8.80. The van der Waals surface area contributed by atoms with Crippen LogP contribution in [0.2, 0.25) is 0 Å². The third kappa shape index (κ3) is 3.13. The van der Waals surface area contributed by atoms with Crippen molar-refractivity contribution in [3.63, 3.8) is 0 Å². The van der Waals surface area contributed by atoms with Gasteiger partial charge in [0.15, 0.2) is 0 Å². The van der Waals surface area contributed by atoms with E-state index in [1.807, 2.05) is 11.8 Å². The van der Waals surface area contributed by atoms with E-state index in [4.69, 9.17) is 0 Å². The Hall–Kier alpha value is -0.961. The molecule has 4 heteroatoms. The monoisotopic (exact) mass is 365 g/mol. The molecule has 3 rings (SSSR count). The molecule has 1 saturated heterocycles. The van der Waals surface area contributed by atoms with Crippen LogP contribution in [0.25, 0.3) is 15.9 Å². The number of fused-ring (bicyclic) bond motifs is 1. The summed E-state index contributed by atoms with van der Waals surface area (Å²) >= 11 is 2.41. The molecule has 0 radical (unpaired) electrons. The van der Waals surface area contributed by atoms with E-state index in [-0.39, 0.29) is 0 Å². The molecule has 1 aromatic heterocycles. The fraction of sp³-hybridized carbons (Fsp3) is 0.353. The molecule has 2 aromatic rings. The van der Waals surface area contributed by atoms with Gasteiger partial charge < -0.3 is 0 Å². The van der Waals surface area contributed by atoms with Gasteiger partial charge in [-0.3, -0.25) is 0 Å². The molecule has 0 saturated carbocycles. The number of allylic oxidation sites excluding steroid dienone is 2. The van der Waals surface area contributed by atoms with Gasteiger partial charge >= 0.3 is 137 Å². The molecule has 0 aliphatic carbocycles. The van der Waals surface area contributed by atoms with Crippen LogP contribution < -0.4 is 4.57 Å². The first-order valence-corrected chi connectivity index (χ1v) is 10.2. The summed E-state index contributed by atoms with van der Waals surface area (Å²) in [7, 11) is 0. The average molecular weight is 364 g/mol. The van der Waals surface area contributed by atoms with Gasteiger partial charge in [-0.2, -0.15) is 0 Å². The van der Waals surface area contributed by atoms with Crippen molar-refractivity contribution in [3.05, 3.63) is 46.0 Å². The number of benzene rings is 1. The second kappa shape index (κ2) is 6.87. The van der Waals surface area contributed by atoms with E-state index in [2.05, 4.69) is 65.8 Å². The number of thioether (sulfide) groups is 1. The zero-order valence-corrected chi connectivity index (χ0v) is 15.1. The predicted octanol–water partition coefficient (Wildman–Crippen LogP) is 3.13. The summed E-state index contributed by atoms with van der Waals surface area (Å²) in [5.41, 5.74) is 1.40. The van der Waals surface area contributed by atoms with E-state index >= 15 is 0 Å². The number of nitrogens with zero attached hydrogens (tertiary/aromatic N) is 2. The van der Waals surface area contributed by atoms with Crippen LogP contribution in [0.4, 0.5) is 0 Å². The van der Waals surface area contributed by atoms with Gasteiger partial charge in [-0.15, -0.1) is 0 Å². The first kappa shape index (κ1) is 15.0. The van der Waals surface area contributed by atoms with Crippen LogP contribution in [0.15, 0.2) is 41.4 Å². The van der Waals surface area contributed by atoms with Gasteiger partial charge in [-0.25, -0.2) is 0 Å². The normalized spacial score (nSPS) is 17.6. The molecule has 0 bridgehead atoms. The molecule has 110 valence electrons. The van der Waals surface area contributed by atoms with E-state index < -0.39 is 0 Å². The molecule has 0 spiro atoms. The first-order valence-electron chi connectivity index (χ1n) is 7.51. The second-order valence-corrected chi connectivity index (χ2v) is 8.29. The molecule has 0 N–H and O–H groups in total. The van der Waals surface area contributed by atoms with Crippen molar-refractivity contribution in [1.29, 1.82) is 0 Å². The van der Waals surface area contributed by atoms with Crippen LogP contribution >= 0.6 is 11.8 Å². The summed E-state index contributed by atoms with van der Waals surface area (Å²) in [6.45, 7) is 7.81. The topological polar surface area (TPSA) is 7.12 Å². The maximum absolute atomic E-state index is 2.45. The molecule has 21 heavy (non-hydrogen) atoms. The Labute approximate surface area is 136 Å². The predicted molar refractivity (Wildman–Crippen MR) is 93.6 cm³/mol. The Morgan fingerprint density at radius 1 is 1.33 bits per heavy atom. The zero-order chi connectivity index (χ0) is 14.7. The molecule has 2 nitrogen and oxygen atoms in total. The Bertz CT molecular complexity index is 687. The molecular weight excluding hydrogens is 343 g/mol. The molecular formula is C17H21N2SSe+. The number of aryl methyl sites for hydroxylation is 1. The van der Waals surface area contributed by atoms with Gasteiger partial charge in [0.25, 0.3) is 0 Å².